The second-order valence-electron chi connectivity index (χ2n) is 6.37. The standard InChI is InChI=1S/C18H17F2N3O4/c19-13-6-5-10(7-14(13)20)22-15(24)8-21-16(25)9-23-17(26)11-3-1-2-4-12(11)18(23)27/h1-2,5-7,11-12H,3-4,8-9H2,(H,21,25)(H,22,24)/t11-,12-/m0/s1. The highest BCUT2D eigenvalue weighted by atomic mass is 19.2. The van der Waals surface area contributed by atoms with E-state index in [1.54, 1.807) is 0 Å². The highest BCUT2D eigenvalue weighted by Gasteiger charge is 2.47. The van der Waals surface area contributed by atoms with Crippen LogP contribution in [0.3, 0.4) is 0 Å². The lowest BCUT2D eigenvalue weighted by Gasteiger charge is -2.14. The second kappa shape index (κ2) is 7.65. The van der Waals surface area contributed by atoms with E-state index < -0.39 is 48.4 Å². The van der Waals surface area contributed by atoms with Gasteiger partial charge in [0.05, 0.1) is 18.4 Å². The van der Waals surface area contributed by atoms with Crippen LogP contribution in [-0.2, 0) is 19.2 Å². The summed E-state index contributed by atoms with van der Waals surface area (Å²) in [6.07, 6.45) is 4.64. The molecule has 2 N–H and O–H groups in total. The van der Waals surface area contributed by atoms with Crippen molar-refractivity contribution in [1.29, 1.82) is 0 Å². The van der Waals surface area contributed by atoms with Crippen molar-refractivity contribution >= 4 is 29.3 Å². The molecule has 142 valence electrons. The Morgan fingerprint density at radius 3 is 2.22 bits per heavy atom. The van der Waals surface area contributed by atoms with Crippen molar-refractivity contribution < 1.29 is 28.0 Å². The first-order valence-electron chi connectivity index (χ1n) is 8.38. The van der Waals surface area contributed by atoms with Gasteiger partial charge in [0.1, 0.15) is 6.54 Å². The van der Waals surface area contributed by atoms with Gasteiger partial charge in [-0.2, -0.15) is 0 Å². The third-order valence-electron chi connectivity index (χ3n) is 4.55. The molecule has 9 heteroatoms. The number of halogens is 2. The molecule has 4 amide bonds. The first kappa shape index (κ1) is 18.7. The van der Waals surface area contributed by atoms with Gasteiger partial charge in [0.2, 0.25) is 23.6 Å². The summed E-state index contributed by atoms with van der Waals surface area (Å²) in [5.41, 5.74) is 0.0367. The summed E-state index contributed by atoms with van der Waals surface area (Å²) >= 11 is 0. The highest BCUT2D eigenvalue weighted by molar-refractivity contribution is 6.07. The zero-order valence-electron chi connectivity index (χ0n) is 14.2. The van der Waals surface area contributed by atoms with E-state index in [4.69, 9.17) is 0 Å². The molecule has 3 rings (SSSR count). The Bertz CT molecular complexity index is 814. The molecule has 1 fully saturated rings. The molecule has 1 aliphatic carbocycles. The van der Waals surface area contributed by atoms with Gasteiger partial charge in [-0.25, -0.2) is 8.78 Å². The Kier molecular flexibility index (Phi) is 5.29. The first-order chi connectivity index (χ1) is 12.9. The van der Waals surface area contributed by atoms with E-state index in [2.05, 4.69) is 10.6 Å². The van der Waals surface area contributed by atoms with E-state index in [1.165, 1.54) is 6.07 Å². The number of benzene rings is 1. The van der Waals surface area contributed by atoms with Crippen molar-refractivity contribution in [3.05, 3.63) is 42.0 Å². The summed E-state index contributed by atoms with van der Waals surface area (Å²) in [6, 6.07) is 2.85. The lowest BCUT2D eigenvalue weighted by Crippen LogP contribution is -2.43. The Labute approximate surface area is 153 Å². The number of likely N-dealkylation sites (tertiary alicyclic amines) is 1. The molecular formula is C18H17F2N3O4. The molecule has 0 bridgehead atoms. The molecule has 0 radical (unpaired) electrons. The van der Waals surface area contributed by atoms with Crippen LogP contribution in [0.25, 0.3) is 0 Å². The van der Waals surface area contributed by atoms with Crippen LogP contribution in [0.4, 0.5) is 14.5 Å². The van der Waals surface area contributed by atoms with Gasteiger partial charge in [0, 0.05) is 11.8 Å². The molecule has 1 aromatic carbocycles. The number of rotatable bonds is 5. The van der Waals surface area contributed by atoms with Crippen molar-refractivity contribution in [3.63, 3.8) is 0 Å². The number of hydrogen-bond acceptors (Lipinski definition) is 4. The van der Waals surface area contributed by atoms with Gasteiger partial charge in [0.25, 0.3) is 0 Å². The van der Waals surface area contributed by atoms with Crippen LogP contribution < -0.4 is 10.6 Å². The average molecular weight is 377 g/mol. The summed E-state index contributed by atoms with van der Waals surface area (Å²) in [6.45, 7) is -0.897. The second-order valence-corrected chi connectivity index (χ2v) is 6.37. The van der Waals surface area contributed by atoms with Gasteiger partial charge < -0.3 is 10.6 Å². The van der Waals surface area contributed by atoms with Crippen LogP contribution in [0.15, 0.2) is 30.4 Å². The van der Waals surface area contributed by atoms with Crippen molar-refractivity contribution in [3.8, 4) is 0 Å². The number of hydrogen-bond donors (Lipinski definition) is 2. The molecule has 2 aliphatic rings. The quantitative estimate of drug-likeness (QED) is 0.590. The number of carbonyl (C=O) groups is 4. The Hall–Kier alpha value is -3.10. The Morgan fingerprint density at radius 1 is 1.00 bits per heavy atom. The zero-order chi connectivity index (χ0) is 19.6. The van der Waals surface area contributed by atoms with E-state index in [0.717, 1.165) is 17.0 Å². The highest BCUT2D eigenvalue weighted by Crippen LogP contribution is 2.34. The minimum Gasteiger partial charge on any atom is -0.345 e. The molecule has 1 heterocycles. The molecule has 1 saturated heterocycles. The largest absolute Gasteiger partial charge is 0.345 e. The topological polar surface area (TPSA) is 95.6 Å². The molecule has 2 atom stereocenters. The van der Waals surface area contributed by atoms with Gasteiger partial charge in [0.15, 0.2) is 11.6 Å². The number of allylic oxidation sites excluding steroid dienone is 2. The van der Waals surface area contributed by atoms with Gasteiger partial charge in [-0.3, -0.25) is 24.1 Å². The molecule has 0 spiro atoms. The SMILES string of the molecule is O=C(CN1C(=O)[C@H]2CC=CC[C@@H]2C1=O)NCC(=O)Nc1ccc(F)c(F)c1. The van der Waals surface area contributed by atoms with Gasteiger partial charge >= 0.3 is 0 Å². The maximum Gasteiger partial charge on any atom is 0.243 e. The molecular weight excluding hydrogens is 360 g/mol. The number of nitrogens with one attached hydrogen (secondary N) is 2. The number of fused-ring (bicyclic) bond motifs is 1. The number of nitrogens with zero attached hydrogens (tertiary/aromatic N) is 1. The van der Waals surface area contributed by atoms with E-state index in [-0.39, 0.29) is 17.5 Å². The first-order valence-corrected chi connectivity index (χ1v) is 8.38. The molecule has 7 nitrogen and oxygen atoms in total. The van der Waals surface area contributed by atoms with Crippen LogP contribution in [-0.4, -0.2) is 41.6 Å². The minimum absolute atomic E-state index is 0.0367. The predicted octanol–water partition coefficient (Wildman–Crippen LogP) is 0.971. The minimum atomic E-state index is -1.11. The van der Waals surface area contributed by atoms with Crippen LogP contribution in [0, 0.1) is 23.5 Å². The van der Waals surface area contributed by atoms with Gasteiger partial charge in [-0.1, -0.05) is 12.2 Å². The van der Waals surface area contributed by atoms with Crippen molar-refractivity contribution in [2.24, 2.45) is 11.8 Å². The molecule has 0 aromatic heterocycles. The van der Waals surface area contributed by atoms with Crippen molar-refractivity contribution in [2.75, 3.05) is 18.4 Å². The summed E-state index contributed by atoms with van der Waals surface area (Å²) < 4.78 is 25.9. The van der Waals surface area contributed by atoms with Crippen LogP contribution in [0.2, 0.25) is 0 Å². The smallest absolute Gasteiger partial charge is 0.243 e. The number of carbonyl (C=O) groups excluding carboxylic acids is 4. The summed E-state index contributed by atoms with van der Waals surface area (Å²) in [4.78, 5) is 49.2. The van der Waals surface area contributed by atoms with Gasteiger partial charge in [-0.05, 0) is 25.0 Å². The third kappa shape index (κ3) is 4.02. The fourth-order valence-corrected chi connectivity index (χ4v) is 3.18. The Balaban J connectivity index is 1.49. The lowest BCUT2D eigenvalue weighted by molar-refractivity contribution is -0.143. The fourth-order valence-electron chi connectivity index (χ4n) is 3.18. The molecule has 27 heavy (non-hydrogen) atoms. The lowest BCUT2D eigenvalue weighted by atomic mass is 9.85. The third-order valence-corrected chi connectivity index (χ3v) is 4.55. The molecule has 0 unspecified atom stereocenters. The van der Waals surface area contributed by atoms with E-state index in [1.807, 2.05) is 12.2 Å². The summed E-state index contributed by atoms with van der Waals surface area (Å²) in [5.74, 6) is -5.09. The number of anilines is 1. The average Bonchev–Trinajstić information content (AvgIpc) is 2.88. The number of amides is 4. The maximum absolute atomic E-state index is 13.1. The van der Waals surface area contributed by atoms with Crippen LogP contribution >= 0.6 is 0 Å². The fraction of sp³-hybridized carbons (Fsp3) is 0.333. The van der Waals surface area contributed by atoms with E-state index >= 15 is 0 Å². The zero-order valence-corrected chi connectivity index (χ0v) is 14.2. The predicted molar refractivity (Wildman–Crippen MR) is 90.1 cm³/mol. The van der Waals surface area contributed by atoms with Crippen LogP contribution in [0.1, 0.15) is 12.8 Å². The molecule has 1 aliphatic heterocycles. The Morgan fingerprint density at radius 2 is 1.63 bits per heavy atom. The van der Waals surface area contributed by atoms with E-state index in [9.17, 15) is 28.0 Å². The van der Waals surface area contributed by atoms with Crippen molar-refractivity contribution in [1.82, 2.24) is 10.2 Å². The monoisotopic (exact) mass is 377 g/mol. The maximum atomic E-state index is 13.1. The summed E-state index contributed by atoms with van der Waals surface area (Å²) in [5, 5.41) is 4.60. The number of imide groups is 1. The van der Waals surface area contributed by atoms with E-state index in [0.29, 0.717) is 12.8 Å². The summed E-state index contributed by atoms with van der Waals surface area (Å²) in [7, 11) is 0. The normalized spacial score (nSPS) is 21.2. The van der Waals surface area contributed by atoms with Gasteiger partial charge in [-0.15, -0.1) is 0 Å². The van der Waals surface area contributed by atoms with Crippen LogP contribution in [0.5, 0.6) is 0 Å². The molecule has 0 saturated carbocycles. The van der Waals surface area contributed by atoms with Crippen molar-refractivity contribution in [2.45, 2.75) is 12.8 Å². The molecule has 1 aromatic rings.